The second-order valence-electron chi connectivity index (χ2n) is 4.17. The molecule has 0 bridgehead atoms. The minimum absolute atomic E-state index is 0.128. The number of aryl methyl sites for hydroxylation is 3. The van der Waals surface area contributed by atoms with Crippen LogP contribution < -0.4 is 4.72 Å². The molecule has 0 aromatic carbocycles. The van der Waals surface area contributed by atoms with Crippen LogP contribution in [-0.4, -0.2) is 25.1 Å². The maximum Gasteiger partial charge on any atom is 0.245 e. The first kappa shape index (κ1) is 14.2. The number of rotatable bonds is 5. The molecule has 8 heteroatoms. The zero-order chi connectivity index (χ0) is 14.0. The number of aromatic nitrogens is 2. The minimum Gasteiger partial charge on any atom is -0.360 e. The van der Waals surface area contributed by atoms with Crippen molar-refractivity contribution in [2.75, 3.05) is 6.54 Å². The van der Waals surface area contributed by atoms with Crippen molar-refractivity contribution in [1.82, 2.24) is 14.9 Å². The van der Waals surface area contributed by atoms with E-state index in [1.807, 2.05) is 6.92 Å². The van der Waals surface area contributed by atoms with Gasteiger partial charge in [-0.3, -0.25) is 0 Å². The Labute approximate surface area is 115 Å². The molecule has 0 unspecified atom stereocenters. The van der Waals surface area contributed by atoms with Gasteiger partial charge in [-0.15, -0.1) is 11.3 Å². The molecule has 6 nitrogen and oxygen atoms in total. The summed E-state index contributed by atoms with van der Waals surface area (Å²) in [7, 11) is -3.57. The zero-order valence-corrected chi connectivity index (χ0v) is 12.6. The number of nitrogens with one attached hydrogen (secondary N) is 1. The van der Waals surface area contributed by atoms with Gasteiger partial charge in [0.25, 0.3) is 0 Å². The zero-order valence-electron chi connectivity index (χ0n) is 10.9. The van der Waals surface area contributed by atoms with E-state index in [9.17, 15) is 8.42 Å². The molecule has 0 atom stereocenters. The standard InChI is InChI=1S/C11H15N3O3S2/c1-7-6-12-10(18-7)4-5-13-19(15,16)11-8(2)14-17-9(11)3/h6,13H,4-5H2,1-3H3. The quantitative estimate of drug-likeness (QED) is 0.906. The fourth-order valence-corrected chi connectivity index (χ4v) is 3.88. The highest BCUT2D eigenvalue weighted by Crippen LogP contribution is 2.18. The van der Waals surface area contributed by atoms with Crippen LogP contribution in [-0.2, 0) is 16.4 Å². The lowest BCUT2D eigenvalue weighted by molar-refractivity contribution is 0.390. The molecular formula is C11H15N3O3S2. The summed E-state index contributed by atoms with van der Waals surface area (Å²) in [4.78, 5) is 5.43. The normalized spacial score (nSPS) is 11.9. The number of hydrogen-bond donors (Lipinski definition) is 1. The Balaban J connectivity index is 2.03. The molecule has 19 heavy (non-hydrogen) atoms. The monoisotopic (exact) mass is 301 g/mol. The average Bonchev–Trinajstić information content (AvgIpc) is 2.86. The molecule has 0 aliphatic carbocycles. The Kier molecular flexibility index (Phi) is 4.02. The van der Waals surface area contributed by atoms with Crippen molar-refractivity contribution < 1.29 is 12.9 Å². The molecule has 0 aliphatic heterocycles. The van der Waals surface area contributed by atoms with Crippen LogP contribution in [0.15, 0.2) is 15.6 Å². The average molecular weight is 301 g/mol. The fourth-order valence-electron chi connectivity index (χ4n) is 1.74. The van der Waals surface area contributed by atoms with E-state index in [4.69, 9.17) is 4.52 Å². The van der Waals surface area contributed by atoms with Gasteiger partial charge in [0.05, 0.1) is 5.01 Å². The van der Waals surface area contributed by atoms with Crippen LogP contribution in [0.5, 0.6) is 0 Å². The van der Waals surface area contributed by atoms with Crippen LogP contribution >= 0.6 is 11.3 Å². The first-order valence-corrected chi connectivity index (χ1v) is 8.04. The lowest BCUT2D eigenvalue weighted by atomic mass is 10.4. The van der Waals surface area contributed by atoms with Gasteiger partial charge in [0.15, 0.2) is 5.76 Å². The van der Waals surface area contributed by atoms with Crippen molar-refractivity contribution in [2.45, 2.75) is 32.1 Å². The third kappa shape index (κ3) is 3.20. The Bertz CT molecular complexity index is 654. The number of thiazole rings is 1. The van der Waals surface area contributed by atoms with Gasteiger partial charge in [-0.2, -0.15) is 0 Å². The van der Waals surface area contributed by atoms with Crippen LogP contribution in [0.1, 0.15) is 21.3 Å². The highest BCUT2D eigenvalue weighted by atomic mass is 32.2. The molecule has 0 aliphatic rings. The molecule has 2 aromatic heterocycles. The van der Waals surface area contributed by atoms with Gasteiger partial charge in [0, 0.05) is 24.0 Å². The molecule has 0 radical (unpaired) electrons. The molecule has 2 rings (SSSR count). The lowest BCUT2D eigenvalue weighted by Gasteiger charge is -2.04. The highest BCUT2D eigenvalue weighted by molar-refractivity contribution is 7.89. The van der Waals surface area contributed by atoms with E-state index in [1.165, 1.54) is 0 Å². The van der Waals surface area contributed by atoms with Crippen LogP contribution in [0.25, 0.3) is 0 Å². The lowest BCUT2D eigenvalue weighted by Crippen LogP contribution is -2.26. The van der Waals surface area contributed by atoms with Crippen molar-refractivity contribution >= 4 is 21.4 Å². The molecule has 2 aromatic rings. The van der Waals surface area contributed by atoms with Gasteiger partial charge in [-0.05, 0) is 20.8 Å². The van der Waals surface area contributed by atoms with Gasteiger partial charge in [-0.1, -0.05) is 5.16 Å². The summed E-state index contributed by atoms with van der Waals surface area (Å²) in [5.74, 6) is 0.301. The molecule has 0 saturated heterocycles. The first-order chi connectivity index (χ1) is 8.90. The maximum atomic E-state index is 12.1. The first-order valence-electron chi connectivity index (χ1n) is 5.74. The summed E-state index contributed by atoms with van der Waals surface area (Å²) in [5, 5.41) is 4.56. The molecule has 0 saturated carbocycles. The van der Waals surface area contributed by atoms with E-state index in [0.29, 0.717) is 24.4 Å². The van der Waals surface area contributed by atoms with Crippen molar-refractivity contribution in [2.24, 2.45) is 0 Å². The van der Waals surface area contributed by atoms with Crippen molar-refractivity contribution in [3.8, 4) is 0 Å². The molecule has 1 N–H and O–H groups in total. The van der Waals surface area contributed by atoms with Gasteiger partial charge in [-0.25, -0.2) is 18.1 Å². The van der Waals surface area contributed by atoms with Crippen LogP contribution in [0.3, 0.4) is 0 Å². The Morgan fingerprint density at radius 3 is 2.63 bits per heavy atom. The number of hydrogen-bond acceptors (Lipinski definition) is 6. The maximum absolute atomic E-state index is 12.1. The third-order valence-corrected chi connectivity index (χ3v) is 5.21. The predicted octanol–water partition coefficient (Wildman–Crippen LogP) is 1.58. The second-order valence-corrected chi connectivity index (χ2v) is 7.19. The summed E-state index contributed by atoms with van der Waals surface area (Å²) in [5.41, 5.74) is 0.370. The van der Waals surface area contributed by atoms with E-state index in [1.54, 1.807) is 31.4 Å². The molecular weight excluding hydrogens is 286 g/mol. The SMILES string of the molecule is Cc1cnc(CCNS(=O)(=O)c2c(C)noc2C)s1. The van der Waals surface area contributed by atoms with Gasteiger partial charge in [0.2, 0.25) is 10.0 Å². The smallest absolute Gasteiger partial charge is 0.245 e. The fraction of sp³-hybridized carbons (Fsp3) is 0.455. The largest absolute Gasteiger partial charge is 0.360 e. The number of sulfonamides is 1. The van der Waals surface area contributed by atoms with Crippen molar-refractivity contribution in [3.63, 3.8) is 0 Å². The second kappa shape index (κ2) is 5.40. The van der Waals surface area contributed by atoms with Crippen LogP contribution in [0.2, 0.25) is 0 Å². The minimum atomic E-state index is -3.57. The summed E-state index contributed by atoms with van der Waals surface area (Å²) in [6.07, 6.45) is 2.35. The summed E-state index contributed by atoms with van der Waals surface area (Å²) < 4.78 is 31.6. The van der Waals surface area contributed by atoms with Gasteiger partial charge >= 0.3 is 0 Å². The number of nitrogens with zero attached hydrogens (tertiary/aromatic N) is 2. The third-order valence-electron chi connectivity index (χ3n) is 2.54. The highest BCUT2D eigenvalue weighted by Gasteiger charge is 2.23. The summed E-state index contributed by atoms with van der Waals surface area (Å²) in [6, 6.07) is 0. The summed E-state index contributed by atoms with van der Waals surface area (Å²) >= 11 is 1.57. The molecule has 0 fully saturated rings. The van der Waals surface area contributed by atoms with Gasteiger partial charge < -0.3 is 4.52 Å². The molecule has 2 heterocycles. The predicted molar refractivity (Wildman–Crippen MR) is 71.7 cm³/mol. The topological polar surface area (TPSA) is 85.1 Å². The van der Waals surface area contributed by atoms with Crippen LogP contribution in [0, 0.1) is 20.8 Å². The summed E-state index contributed by atoms with van der Waals surface area (Å²) in [6.45, 7) is 5.46. The van der Waals surface area contributed by atoms with Crippen LogP contribution in [0.4, 0.5) is 0 Å². The van der Waals surface area contributed by atoms with Crippen molar-refractivity contribution in [3.05, 3.63) is 27.5 Å². The Morgan fingerprint density at radius 2 is 2.11 bits per heavy atom. The van der Waals surface area contributed by atoms with E-state index in [2.05, 4.69) is 14.9 Å². The molecule has 104 valence electrons. The molecule has 0 spiro atoms. The van der Waals surface area contributed by atoms with E-state index in [-0.39, 0.29) is 4.90 Å². The van der Waals surface area contributed by atoms with E-state index >= 15 is 0 Å². The van der Waals surface area contributed by atoms with Gasteiger partial charge in [0.1, 0.15) is 10.6 Å². The Hall–Kier alpha value is -1.25. The van der Waals surface area contributed by atoms with Crippen molar-refractivity contribution in [1.29, 1.82) is 0 Å². The van der Waals surface area contributed by atoms with E-state index < -0.39 is 10.0 Å². The Morgan fingerprint density at radius 1 is 1.37 bits per heavy atom. The molecule has 0 amide bonds. The van der Waals surface area contributed by atoms with E-state index in [0.717, 1.165) is 9.88 Å².